The fourth-order valence-corrected chi connectivity index (χ4v) is 4.01. The molecule has 0 spiro atoms. The molecule has 0 radical (unpaired) electrons. The molecular weight excluding hydrogens is 282 g/mol. The molecule has 1 aromatic carbocycles. The lowest BCUT2D eigenvalue weighted by Crippen LogP contribution is -2.46. The lowest BCUT2D eigenvalue weighted by atomic mass is 10.0. The minimum Gasteiger partial charge on any atom is -0.328 e. The number of hydrogen-bond acceptors (Lipinski definition) is 3. The van der Waals surface area contributed by atoms with Gasteiger partial charge in [-0.2, -0.15) is 0 Å². The SMILES string of the molecule is CC(c1ccccc1Cl)N1CCC(N2CCC(N)CC2)C1. The van der Waals surface area contributed by atoms with Crippen LogP contribution in [0.15, 0.2) is 24.3 Å². The maximum Gasteiger partial charge on any atom is 0.0453 e. The van der Waals surface area contributed by atoms with E-state index in [1.54, 1.807) is 0 Å². The second kappa shape index (κ2) is 6.66. The van der Waals surface area contributed by atoms with E-state index in [1.165, 1.54) is 31.6 Å². The summed E-state index contributed by atoms with van der Waals surface area (Å²) in [6.07, 6.45) is 3.57. The maximum absolute atomic E-state index is 6.35. The monoisotopic (exact) mass is 307 g/mol. The van der Waals surface area contributed by atoms with Crippen molar-refractivity contribution in [2.45, 2.75) is 44.3 Å². The topological polar surface area (TPSA) is 32.5 Å². The van der Waals surface area contributed by atoms with Crippen molar-refractivity contribution in [1.29, 1.82) is 0 Å². The first-order valence-electron chi connectivity index (χ1n) is 8.13. The lowest BCUT2D eigenvalue weighted by Gasteiger charge is -2.35. The second-order valence-electron chi connectivity index (χ2n) is 6.51. The van der Waals surface area contributed by atoms with Crippen molar-refractivity contribution >= 4 is 11.6 Å². The van der Waals surface area contributed by atoms with Crippen LogP contribution in [-0.4, -0.2) is 48.1 Å². The van der Waals surface area contributed by atoms with Gasteiger partial charge in [0.2, 0.25) is 0 Å². The van der Waals surface area contributed by atoms with Gasteiger partial charge in [-0.1, -0.05) is 29.8 Å². The minimum absolute atomic E-state index is 0.399. The number of nitrogens with zero attached hydrogens (tertiary/aromatic N) is 2. The van der Waals surface area contributed by atoms with E-state index in [2.05, 4.69) is 28.9 Å². The fourth-order valence-electron chi connectivity index (χ4n) is 3.71. The summed E-state index contributed by atoms with van der Waals surface area (Å²) in [6.45, 7) is 6.93. The predicted molar refractivity (Wildman–Crippen MR) is 88.6 cm³/mol. The van der Waals surface area contributed by atoms with Crippen molar-refractivity contribution in [2.75, 3.05) is 26.2 Å². The standard InChI is InChI=1S/C17H26ClN3/c1-13(16-4-2-3-5-17(16)18)21-11-8-15(12-21)20-9-6-14(19)7-10-20/h2-5,13-15H,6-12,19H2,1H3. The number of nitrogens with two attached hydrogens (primary N) is 1. The van der Waals surface area contributed by atoms with Crippen LogP contribution in [0.5, 0.6) is 0 Å². The third-order valence-corrected chi connectivity index (χ3v) is 5.53. The Bertz CT molecular complexity index is 471. The van der Waals surface area contributed by atoms with Gasteiger partial charge in [-0.05, 0) is 50.9 Å². The highest BCUT2D eigenvalue weighted by atomic mass is 35.5. The Morgan fingerprint density at radius 3 is 2.57 bits per heavy atom. The zero-order valence-electron chi connectivity index (χ0n) is 12.8. The number of likely N-dealkylation sites (tertiary alicyclic amines) is 2. The number of hydrogen-bond donors (Lipinski definition) is 1. The van der Waals surface area contributed by atoms with Gasteiger partial charge in [0.1, 0.15) is 0 Å². The summed E-state index contributed by atoms with van der Waals surface area (Å²) < 4.78 is 0. The van der Waals surface area contributed by atoms with E-state index < -0.39 is 0 Å². The van der Waals surface area contributed by atoms with Crippen LogP contribution in [0.1, 0.15) is 37.8 Å². The highest BCUT2D eigenvalue weighted by Crippen LogP contribution is 2.31. The Hall–Kier alpha value is -0.610. The third kappa shape index (κ3) is 3.42. The Kier molecular flexibility index (Phi) is 4.85. The van der Waals surface area contributed by atoms with E-state index in [0.717, 1.165) is 24.4 Å². The van der Waals surface area contributed by atoms with E-state index in [1.807, 2.05) is 12.1 Å². The molecule has 2 aliphatic rings. The first kappa shape index (κ1) is 15.3. The van der Waals surface area contributed by atoms with Gasteiger partial charge >= 0.3 is 0 Å². The minimum atomic E-state index is 0.399. The fraction of sp³-hybridized carbons (Fsp3) is 0.647. The maximum atomic E-state index is 6.35. The number of rotatable bonds is 3. The zero-order valence-corrected chi connectivity index (χ0v) is 13.6. The van der Waals surface area contributed by atoms with Gasteiger partial charge in [-0.15, -0.1) is 0 Å². The number of piperidine rings is 1. The average molecular weight is 308 g/mol. The Morgan fingerprint density at radius 2 is 1.86 bits per heavy atom. The Morgan fingerprint density at radius 1 is 1.14 bits per heavy atom. The molecule has 0 bridgehead atoms. The van der Waals surface area contributed by atoms with E-state index in [0.29, 0.717) is 18.1 Å². The molecule has 2 heterocycles. The van der Waals surface area contributed by atoms with Crippen LogP contribution in [0.3, 0.4) is 0 Å². The van der Waals surface area contributed by atoms with Crippen LogP contribution < -0.4 is 5.73 Å². The van der Waals surface area contributed by atoms with Crippen molar-refractivity contribution in [3.8, 4) is 0 Å². The molecule has 3 rings (SSSR count). The largest absolute Gasteiger partial charge is 0.328 e. The summed E-state index contributed by atoms with van der Waals surface area (Å²) >= 11 is 6.35. The summed E-state index contributed by atoms with van der Waals surface area (Å²) in [5.41, 5.74) is 7.26. The Balaban J connectivity index is 1.60. The second-order valence-corrected chi connectivity index (χ2v) is 6.92. The van der Waals surface area contributed by atoms with Gasteiger partial charge in [-0.25, -0.2) is 0 Å². The molecule has 3 nitrogen and oxygen atoms in total. The summed E-state index contributed by atoms with van der Waals surface area (Å²) in [6, 6.07) is 9.74. The number of benzene rings is 1. The van der Waals surface area contributed by atoms with Crippen LogP contribution in [0.4, 0.5) is 0 Å². The summed E-state index contributed by atoms with van der Waals surface area (Å²) in [5.74, 6) is 0. The van der Waals surface area contributed by atoms with Gasteiger partial charge in [0, 0.05) is 36.2 Å². The van der Waals surface area contributed by atoms with E-state index in [9.17, 15) is 0 Å². The molecule has 21 heavy (non-hydrogen) atoms. The molecule has 0 amide bonds. The van der Waals surface area contributed by atoms with Crippen molar-refractivity contribution < 1.29 is 0 Å². The molecule has 2 fully saturated rings. The highest BCUT2D eigenvalue weighted by molar-refractivity contribution is 6.31. The lowest BCUT2D eigenvalue weighted by molar-refractivity contribution is 0.146. The van der Waals surface area contributed by atoms with Crippen LogP contribution in [0, 0.1) is 0 Å². The Labute approximate surface area is 133 Å². The van der Waals surface area contributed by atoms with Gasteiger partial charge in [-0.3, -0.25) is 9.80 Å². The van der Waals surface area contributed by atoms with Crippen molar-refractivity contribution in [2.24, 2.45) is 5.73 Å². The molecular formula is C17H26ClN3. The zero-order chi connectivity index (χ0) is 14.8. The molecule has 0 aromatic heterocycles. The van der Waals surface area contributed by atoms with Gasteiger partial charge in [0.15, 0.2) is 0 Å². The summed E-state index contributed by atoms with van der Waals surface area (Å²) in [5, 5.41) is 0.886. The van der Waals surface area contributed by atoms with Gasteiger partial charge in [0.25, 0.3) is 0 Å². The third-order valence-electron chi connectivity index (χ3n) is 5.19. The van der Waals surface area contributed by atoms with Crippen molar-refractivity contribution in [1.82, 2.24) is 9.80 Å². The van der Waals surface area contributed by atoms with Crippen LogP contribution in [0.2, 0.25) is 5.02 Å². The molecule has 4 heteroatoms. The van der Waals surface area contributed by atoms with Crippen LogP contribution in [-0.2, 0) is 0 Å². The molecule has 116 valence electrons. The van der Waals surface area contributed by atoms with E-state index in [-0.39, 0.29) is 0 Å². The van der Waals surface area contributed by atoms with Gasteiger partial charge < -0.3 is 5.73 Å². The predicted octanol–water partition coefficient (Wildman–Crippen LogP) is 2.90. The smallest absolute Gasteiger partial charge is 0.0453 e. The first-order chi connectivity index (χ1) is 10.1. The summed E-state index contributed by atoms with van der Waals surface area (Å²) in [7, 11) is 0. The van der Waals surface area contributed by atoms with Crippen molar-refractivity contribution in [3.63, 3.8) is 0 Å². The molecule has 2 aliphatic heterocycles. The molecule has 2 N–H and O–H groups in total. The van der Waals surface area contributed by atoms with Crippen LogP contribution >= 0.6 is 11.6 Å². The van der Waals surface area contributed by atoms with Crippen LogP contribution in [0.25, 0.3) is 0 Å². The normalized spacial score (nSPS) is 27.1. The molecule has 0 saturated carbocycles. The first-order valence-corrected chi connectivity index (χ1v) is 8.51. The number of halogens is 1. The molecule has 2 unspecified atom stereocenters. The summed E-state index contributed by atoms with van der Waals surface area (Å²) in [4.78, 5) is 5.21. The molecule has 0 aliphatic carbocycles. The highest BCUT2D eigenvalue weighted by Gasteiger charge is 2.32. The quantitative estimate of drug-likeness (QED) is 0.932. The van der Waals surface area contributed by atoms with E-state index >= 15 is 0 Å². The van der Waals surface area contributed by atoms with Crippen molar-refractivity contribution in [3.05, 3.63) is 34.9 Å². The average Bonchev–Trinajstić information content (AvgIpc) is 2.98. The van der Waals surface area contributed by atoms with E-state index in [4.69, 9.17) is 17.3 Å². The molecule has 2 saturated heterocycles. The molecule has 2 atom stereocenters. The van der Waals surface area contributed by atoms with Gasteiger partial charge in [0.05, 0.1) is 0 Å². The molecule has 1 aromatic rings.